The molecular formula is C58H84N5O8PS. The quantitative estimate of drug-likeness (QED) is 0.0150. The smallest absolute Gasteiger partial charge is 0.330 e. The lowest BCUT2D eigenvalue weighted by atomic mass is 9.80. The van der Waals surface area contributed by atoms with Crippen LogP contribution in [-0.2, 0) is 24.1 Å². The molecule has 5 rings (SSSR count). The molecule has 1 fully saturated rings. The third-order valence-electron chi connectivity index (χ3n) is 13.6. The van der Waals surface area contributed by atoms with E-state index < -0.39 is 49.7 Å². The van der Waals surface area contributed by atoms with E-state index in [4.69, 9.17) is 46.8 Å². The molecule has 1 aliphatic heterocycles. The van der Waals surface area contributed by atoms with Gasteiger partial charge >= 0.3 is 5.69 Å². The standard InChI is InChI=1S/C58H84N5O8PS/c1-9-10-11-12-13-14-15-16-17-18-19-20-24-29-54(73)60-39-25-28-51-55(71-72(69-42-40-59-6)63(44(2)3)45(4)5)52(70-56(51)62-41-38-53(64)61-57(62)65)43-68-58(46-26-22-21-23-27-46,47-30-34-49(66-7)35-31-47)48-32-36-50(67-8)37-33-48/h21-23,26-27,30-38,41,44-45,51-52,55-56H,9-20,24-25,28-29,39-40,42-43H2,1-5,7-8H3,(H,60,73)(H,61,64,65)/t51?,52-,55-,56-,72?/m1/s1. The first-order valence-electron chi connectivity index (χ1n) is 26.9. The zero-order valence-electron chi connectivity index (χ0n) is 44.7. The lowest BCUT2D eigenvalue weighted by Crippen LogP contribution is -2.41. The minimum Gasteiger partial charge on any atom is -0.497 e. The summed E-state index contributed by atoms with van der Waals surface area (Å²) in [4.78, 5) is 33.2. The first kappa shape index (κ1) is 59.4. The van der Waals surface area contributed by atoms with Crippen molar-refractivity contribution in [3.8, 4) is 11.5 Å². The lowest BCUT2D eigenvalue weighted by Gasteiger charge is -2.39. The maximum absolute atomic E-state index is 13.8. The molecule has 0 amide bonds. The summed E-state index contributed by atoms with van der Waals surface area (Å²) in [7, 11) is 1.52. The number of nitrogens with one attached hydrogen (secondary N) is 2. The summed E-state index contributed by atoms with van der Waals surface area (Å²) in [6.45, 7) is 19.2. The molecule has 15 heteroatoms. The normalized spacial score (nSPS) is 17.3. The van der Waals surface area contributed by atoms with E-state index in [2.05, 4.69) is 54.4 Å². The zero-order chi connectivity index (χ0) is 52.4. The molecule has 3 aromatic carbocycles. The maximum Gasteiger partial charge on any atom is 0.330 e. The van der Waals surface area contributed by atoms with Crippen LogP contribution in [0.25, 0.3) is 4.85 Å². The Balaban J connectivity index is 1.43. The van der Waals surface area contributed by atoms with Crippen molar-refractivity contribution in [2.45, 2.75) is 173 Å². The molecule has 0 bridgehead atoms. The fourth-order valence-corrected chi connectivity index (χ4v) is 12.0. The van der Waals surface area contributed by atoms with Gasteiger partial charge in [-0.25, -0.2) is 16.0 Å². The number of nitrogens with zero attached hydrogens (tertiary/aromatic N) is 3. The summed E-state index contributed by atoms with van der Waals surface area (Å²) in [6, 6.07) is 27.2. The van der Waals surface area contributed by atoms with Gasteiger partial charge in [0.25, 0.3) is 14.1 Å². The van der Waals surface area contributed by atoms with Gasteiger partial charge < -0.3 is 38.2 Å². The van der Waals surface area contributed by atoms with Gasteiger partial charge in [0.05, 0.1) is 25.8 Å². The highest BCUT2D eigenvalue weighted by Gasteiger charge is 2.50. The molecule has 13 nitrogen and oxygen atoms in total. The number of rotatable bonds is 35. The third kappa shape index (κ3) is 17.8. The highest BCUT2D eigenvalue weighted by Crippen LogP contribution is 2.53. The van der Waals surface area contributed by atoms with Crippen LogP contribution in [-0.4, -0.2) is 84.0 Å². The van der Waals surface area contributed by atoms with Gasteiger partial charge in [0.1, 0.15) is 42.1 Å². The van der Waals surface area contributed by atoms with Crippen LogP contribution >= 0.6 is 20.7 Å². The second kappa shape index (κ2) is 32.1. The molecule has 4 aromatic rings. The highest BCUT2D eigenvalue weighted by atomic mass is 32.1. The number of hydrogen-bond donors (Lipinski definition) is 2. The van der Waals surface area contributed by atoms with Crippen LogP contribution in [0.15, 0.2) is 101 Å². The van der Waals surface area contributed by atoms with Gasteiger partial charge in [-0.1, -0.05) is 151 Å². The largest absolute Gasteiger partial charge is 0.497 e. The number of ether oxygens (including phenoxy) is 4. The van der Waals surface area contributed by atoms with Gasteiger partial charge in [0.2, 0.25) is 6.54 Å². The molecular weight excluding hydrogens is 958 g/mol. The number of methoxy groups -OCH3 is 2. The summed E-state index contributed by atoms with van der Waals surface area (Å²) >= 11 is 5.85. The number of benzene rings is 3. The zero-order valence-corrected chi connectivity index (χ0v) is 46.4. The van der Waals surface area contributed by atoms with Gasteiger partial charge in [-0.15, -0.1) is 0 Å². The van der Waals surface area contributed by atoms with E-state index in [1.807, 2.05) is 78.9 Å². The Morgan fingerprint density at radius 1 is 0.795 bits per heavy atom. The summed E-state index contributed by atoms with van der Waals surface area (Å²) < 4.78 is 43.3. The van der Waals surface area contributed by atoms with E-state index in [1.54, 1.807) is 14.2 Å². The Morgan fingerprint density at radius 3 is 1.86 bits per heavy atom. The van der Waals surface area contributed by atoms with Crippen molar-refractivity contribution in [3.63, 3.8) is 0 Å². The van der Waals surface area contributed by atoms with E-state index in [-0.39, 0.29) is 31.8 Å². The molecule has 400 valence electrons. The second-order valence-corrected chi connectivity index (χ2v) is 21.5. The molecule has 0 spiro atoms. The van der Waals surface area contributed by atoms with E-state index >= 15 is 0 Å². The van der Waals surface area contributed by atoms with Crippen LogP contribution in [0.2, 0.25) is 0 Å². The van der Waals surface area contributed by atoms with Gasteiger partial charge in [-0.05, 0) is 94.3 Å². The molecule has 73 heavy (non-hydrogen) atoms. The average Bonchev–Trinajstić information content (AvgIpc) is 3.72. The van der Waals surface area contributed by atoms with Gasteiger partial charge in [-0.2, -0.15) is 0 Å². The van der Waals surface area contributed by atoms with Gasteiger partial charge in [-0.3, -0.25) is 14.3 Å². The third-order valence-corrected chi connectivity index (χ3v) is 16.1. The molecule has 0 radical (unpaired) electrons. The summed E-state index contributed by atoms with van der Waals surface area (Å²) in [5.41, 5.74) is 0.307. The van der Waals surface area contributed by atoms with E-state index in [0.29, 0.717) is 30.9 Å². The molecule has 2 N–H and O–H groups in total. The summed E-state index contributed by atoms with van der Waals surface area (Å²) in [6.07, 6.45) is 18.2. The topological polar surface area (TPSA) is 130 Å². The molecule has 0 aliphatic carbocycles. The molecule has 0 saturated carbocycles. The molecule has 2 heterocycles. The number of thiocarbonyl (C=S) groups is 1. The van der Waals surface area contributed by atoms with Crippen LogP contribution in [0.1, 0.15) is 160 Å². The molecule has 5 atom stereocenters. The van der Waals surface area contributed by atoms with E-state index in [1.165, 1.54) is 93.9 Å². The van der Waals surface area contributed by atoms with Crippen molar-refractivity contribution >= 4 is 25.7 Å². The van der Waals surface area contributed by atoms with Crippen molar-refractivity contribution in [3.05, 3.63) is 140 Å². The molecule has 1 saturated heterocycles. The number of aromatic nitrogens is 2. The van der Waals surface area contributed by atoms with Crippen molar-refractivity contribution < 1.29 is 28.0 Å². The number of H-pyrrole nitrogens is 1. The molecule has 1 aliphatic rings. The number of hydrogen-bond acceptors (Lipinski definition) is 10. The van der Waals surface area contributed by atoms with Gasteiger partial charge in [0.15, 0.2) is 0 Å². The Morgan fingerprint density at radius 2 is 1.34 bits per heavy atom. The predicted molar refractivity (Wildman–Crippen MR) is 298 cm³/mol. The van der Waals surface area contributed by atoms with Crippen LogP contribution in [0, 0.1) is 12.5 Å². The monoisotopic (exact) mass is 1040 g/mol. The first-order valence-corrected chi connectivity index (χ1v) is 28.4. The summed E-state index contributed by atoms with van der Waals surface area (Å²) in [5, 5.41) is 3.52. The maximum atomic E-state index is 13.8. The molecule has 1 aromatic heterocycles. The average molecular weight is 1040 g/mol. The summed E-state index contributed by atoms with van der Waals surface area (Å²) in [5.74, 6) is 0.982. The van der Waals surface area contributed by atoms with Crippen LogP contribution in [0.3, 0.4) is 0 Å². The Hall–Kier alpha value is -4.45. The fourth-order valence-electron chi connectivity index (χ4n) is 9.91. The SMILES string of the molecule is [C-]#[N+]CCOP(O[C@@H]1C(CCCNC(=S)CCCCCCCCCCCCCCC)[C@H](n2ccc(=O)[nH]c2=O)O[C@@H]1COC(c1ccccc1)(c1ccc(OC)cc1)c1ccc(OC)cc1)N(C(C)C)C(C)C. The highest BCUT2D eigenvalue weighted by molar-refractivity contribution is 7.80. The van der Waals surface area contributed by atoms with Crippen LogP contribution in [0.4, 0.5) is 0 Å². The van der Waals surface area contributed by atoms with Crippen molar-refractivity contribution in [1.82, 2.24) is 19.5 Å². The molecule has 2 unspecified atom stereocenters. The van der Waals surface area contributed by atoms with Crippen molar-refractivity contribution in [1.29, 1.82) is 0 Å². The van der Waals surface area contributed by atoms with Crippen molar-refractivity contribution in [2.24, 2.45) is 5.92 Å². The Labute approximate surface area is 442 Å². The van der Waals surface area contributed by atoms with Crippen molar-refractivity contribution in [2.75, 3.05) is 40.5 Å². The first-order chi connectivity index (χ1) is 35.5. The Kier molecular flexibility index (Phi) is 26.1. The fraction of sp³-hybridized carbons (Fsp3) is 0.586. The minimum absolute atomic E-state index is 0.0127. The predicted octanol–water partition coefficient (Wildman–Crippen LogP) is 12.9. The number of unbranched alkanes of at least 4 members (excludes halogenated alkanes) is 12. The Bertz CT molecular complexity index is 2290. The van der Waals surface area contributed by atoms with E-state index in [9.17, 15) is 9.59 Å². The lowest BCUT2D eigenvalue weighted by molar-refractivity contribution is -0.0933. The minimum atomic E-state index is -1.76. The van der Waals surface area contributed by atoms with Crippen LogP contribution in [0.5, 0.6) is 11.5 Å². The second-order valence-electron chi connectivity index (χ2n) is 19.6. The van der Waals surface area contributed by atoms with Crippen LogP contribution < -0.4 is 26.0 Å². The van der Waals surface area contributed by atoms with Gasteiger partial charge in [0, 0.05) is 36.8 Å². The van der Waals surface area contributed by atoms with E-state index in [0.717, 1.165) is 34.5 Å². The number of aromatic amines is 1.